The number of hydrogen-bond acceptors (Lipinski definition) is 5. The van der Waals surface area contributed by atoms with E-state index in [0.717, 1.165) is 42.3 Å². The first kappa shape index (κ1) is 20.2. The molecule has 4 heterocycles. The second-order valence-corrected chi connectivity index (χ2v) is 8.27. The third-order valence-corrected chi connectivity index (χ3v) is 6.10. The van der Waals surface area contributed by atoms with Crippen molar-refractivity contribution in [3.05, 3.63) is 72.2 Å². The van der Waals surface area contributed by atoms with E-state index in [-0.39, 0.29) is 5.91 Å². The first-order chi connectivity index (χ1) is 15.7. The molecule has 2 aromatic heterocycles. The van der Waals surface area contributed by atoms with Crippen LogP contribution in [0.2, 0.25) is 0 Å². The summed E-state index contributed by atoms with van der Waals surface area (Å²) in [7, 11) is 0. The summed E-state index contributed by atoms with van der Waals surface area (Å²) in [6.45, 7) is 4.52. The third-order valence-electron chi connectivity index (χ3n) is 6.10. The molecule has 2 aliphatic rings. The lowest BCUT2D eigenvalue weighted by Crippen LogP contribution is -2.62. The van der Waals surface area contributed by atoms with Crippen molar-refractivity contribution in [3.63, 3.8) is 0 Å². The molecule has 0 bridgehead atoms. The molecule has 2 aliphatic heterocycles. The van der Waals surface area contributed by atoms with Crippen LogP contribution in [0.25, 0.3) is 0 Å². The van der Waals surface area contributed by atoms with Gasteiger partial charge in [-0.25, -0.2) is 4.98 Å². The highest BCUT2D eigenvalue weighted by Crippen LogP contribution is 2.35. The molecule has 3 aromatic rings. The van der Waals surface area contributed by atoms with Gasteiger partial charge < -0.3 is 15.5 Å². The summed E-state index contributed by atoms with van der Waals surface area (Å²) in [5.74, 6) is 1.54. The number of aliphatic imine (C=N–C) groups is 1. The van der Waals surface area contributed by atoms with E-state index in [4.69, 9.17) is 4.99 Å². The molecule has 1 spiro atoms. The van der Waals surface area contributed by atoms with Gasteiger partial charge in [0.15, 0.2) is 5.82 Å². The number of piperidine rings is 1. The Morgan fingerprint density at radius 1 is 1.19 bits per heavy atom. The van der Waals surface area contributed by atoms with E-state index in [1.165, 1.54) is 0 Å². The summed E-state index contributed by atoms with van der Waals surface area (Å²) in [4.78, 5) is 24.6. The predicted octanol–water partition coefficient (Wildman–Crippen LogP) is 3.41. The SMILES string of the molecule is CCn1ccc(C(=O)N2CCC[C@@]3(C2)Nc2cccnc2NC3=NCc2ccccc2)n1. The fourth-order valence-corrected chi connectivity index (χ4v) is 4.44. The number of anilines is 2. The maximum atomic E-state index is 13.2. The van der Waals surface area contributed by atoms with Gasteiger partial charge in [0, 0.05) is 25.5 Å². The second kappa shape index (κ2) is 8.45. The van der Waals surface area contributed by atoms with E-state index in [0.29, 0.717) is 25.3 Å². The molecule has 5 rings (SSSR count). The minimum atomic E-state index is -0.494. The standard InChI is InChI=1S/C24H27N7O/c1-2-31-15-11-20(29-31)22(32)30-14-7-12-24(17-30)23(26-16-18-8-4-3-5-9-18)27-21-19(28-24)10-6-13-25-21/h3-6,8-11,13,15,28H,2,7,12,14,16-17H2,1H3,(H,25,26,27)/t24-/m0/s1. The Morgan fingerprint density at radius 2 is 2.06 bits per heavy atom. The first-order valence-electron chi connectivity index (χ1n) is 11.1. The highest BCUT2D eigenvalue weighted by molar-refractivity contribution is 6.09. The molecular weight excluding hydrogens is 402 g/mol. The molecule has 0 aliphatic carbocycles. The van der Waals surface area contributed by atoms with Gasteiger partial charge in [0.2, 0.25) is 0 Å². The second-order valence-electron chi connectivity index (χ2n) is 8.27. The van der Waals surface area contributed by atoms with Gasteiger partial charge in [-0.3, -0.25) is 14.5 Å². The summed E-state index contributed by atoms with van der Waals surface area (Å²) < 4.78 is 1.78. The van der Waals surface area contributed by atoms with E-state index in [1.807, 2.05) is 48.4 Å². The number of benzene rings is 1. The Bertz CT molecular complexity index is 1140. The number of rotatable bonds is 4. The van der Waals surface area contributed by atoms with Gasteiger partial charge in [-0.15, -0.1) is 0 Å². The van der Waals surface area contributed by atoms with Crippen LogP contribution in [0, 0.1) is 0 Å². The Labute approximate surface area is 187 Å². The quantitative estimate of drug-likeness (QED) is 0.664. The molecule has 8 heteroatoms. The van der Waals surface area contributed by atoms with Gasteiger partial charge in [0.25, 0.3) is 5.91 Å². The number of carbonyl (C=O) groups is 1. The van der Waals surface area contributed by atoms with Crippen LogP contribution in [0.3, 0.4) is 0 Å². The van der Waals surface area contributed by atoms with E-state index in [1.54, 1.807) is 16.9 Å². The van der Waals surface area contributed by atoms with E-state index in [2.05, 4.69) is 32.8 Å². The molecule has 1 saturated heterocycles. The molecule has 32 heavy (non-hydrogen) atoms. The molecule has 0 saturated carbocycles. The Balaban J connectivity index is 1.46. The van der Waals surface area contributed by atoms with Gasteiger partial charge in [-0.2, -0.15) is 5.10 Å². The maximum absolute atomic E-state index is 13.2. The molecule has 1 amide bonds. The van der Waals surface area contributed by atoms with Crippen LogP contribution < -0.4 is 10.6 Å². The molecule has 164 valence electrons. The molecule has 1 fully saturated rings. The number of fused-ring (bicyclic) bond motifs is 1. The van der Waals surface area contributed by atoms with Crippen molar-refractivity contribution < 1.29 is 4.79 Å². The fraction of sp³-hybridized carbons (Fsp3) is 0.333. The lowest BCUT2D eigenvalue weighted by atomic mass is 9.85. The fourth-order valence-electron chi connectivity index (χ4n) is 4.44. The number of likely N-dealkylation sites (tertiary alicyclic amines) is 1. The Hall–Kier alpha value is -3.68. The van der Waals surface area contributed by atoms with Crippen LogP contribution in [-0.4, -0.2) is 50.0 Å². The van der Waals surface area contributed by atoms with Gasteiger partial charge in [0.1, 0.15) is 17.1 Å². The number of nitrogens with one attached hydrogen (secondary N) is 2. The van der Waals surface area contributed by atoms with Crippen molar-refractivity contribution in [2.45, 2.75) is 38.4 Å². The average molecular weight is 430 g/mol. The van der Waals surface area contributed by atoms with Crippen molar-refractivity contribution in [3.8, 4) is 0 Å². The monoisotopic (exact) mass is 429 g/mol. The number of hydrogen-bond donors (Lipinski definition) is 2. The van der Waals surface area contributed by atoms with Crippen LogP contribution in [0.15, 0.2) is 65.9 Å². The number of aryl methyl sites for hydroxylation is 1. The summed E-state index contributed by atoms with van der Waals surface area (Å²) in [6.07, 6.45) is 5.35. The maximum Gasteiger partial charge on any atom is 0.274 e. The molecule has 0 radical (unpaired) electrons. The molecule has 2 N–H and O–H groups in total. The molecule has 1 aromatic carbocycles. The lowest BCUT2D eigenvalue weighted by molar-refractivity contribution is 0.0687. The summed E-state index contributed by atoms with van der Waals surface area (Å²) in [6, 6.07) is 15.9. The van der Waals surface area contributed by atoms with Crippen LogP contribution in [-0.2, 0) is 13.1 Å². The predicted molar refractivity (Wildman–Crippen MR) is 125 cm³/mol. The zero-order valence-electron chi connectivity index (χ0n) is 18.2. The Kier molecular flexibility index (Phi) is 5.34. The number of amidine groups is 1. The van der Waals surface area contributed by atoms with Crippen LogP contribution >= 0.6 is 0 Å². The summed E-state index contributed by atoms with van der Waals surface area (Å²) in [5, 5.41) is 11.6. The largest absolute Gasteiger partial charge is 0.368 e. The van der Waals surface area contributed by atoms with E-state index < -0.39 is 5.54 Å². The number of pyridine rings is 1. The highest BCUT2D eigenvalue weighted by atomic mass is 16.2. The third kappa shape index (κ3) is 3.84. The minimum absolute atomic E-state index is 0.0440. The summed E-state index contributed by atoms with van der Waals surface area (Å²) in [5.41, 5.74) is 2.05. The van der Waals surface area contributed by atoms with Crippen molar-refractivity contribution in [1.82, 2.24) is 19.7 Å². The first-order valence-corrected chi connectivity index (χ1v) is 11.1. The zero-order valence-corrected chi connectivity index (χ0v) is 18.2. The van der Waals surface area contributed by atoms with Gasteiger partial charge in [-0.1, -0.05) is 30.3 Å². The molecule has 0 unspecified atom stereocenters. The number of amides is 1. The smallest absolute Gasteiger partial charge is 0.274 e. The molecule has 1 atom stereocenters. The van der Waals surface area contributed by atoms with E-state index >= 15 is 0 Å². The summed E-state index contributed by atoms with van der Waals surface area (Å²) >= 11 is 0. The average Bonchev–Trinajstić information content (AvgIpc) is 3.32. The minimum Gasteiger partial charge on any atom is -0.368 e. The molecular formula is C24H27N7O. The van der Waals surface area contributed by atoms with E-state index in [9.17, 15) is 4.79 Å². The zero-order chi connectivity index (χ0) is 22.0. The Morgan fingerprint density at radius 3 is 2.88 bits per heavy atom. The normalized spacial score (nSPS) is 21.2. The van der Waals surface area contributed by atoms with Crippen LogP contribution in [0.1, 0.15) is 35.8 Å². The van der Waals surface area contributed by atoms with Gasteiger partial charge in [-0.05, 0) is 43.5 Å². The lowest BCUT2D eigenvalue weighted by Gasteiger charge is -2.46. The van der Waals surface area contributed by atoms with Crippen molar-refractivity contribution in [2.24, 2.45) is 4.99 Å². The number of aromatic nitrogens is 3. The van der Waals surface area contributed by atoms with Crippen molar-refractivity contribution in [1.29, 1.82) is 0 Å². The molecule has 8 nitrogen and oxygen atoms in total. The van der Waals surface area contributed by atoms with Gasteiger partial charge in [0.05, 0.1) is 18.8 Å². The van der Waals surface area contributed by atoms with Gasteiger partial charge >= 0.3 is 0 Å². The van der Waals surface area contributed by atoms with Crippen LogP contribution in [0.5, 0.6) is 0 Å². The number of nitrogens with zero attached hydrogens (tertiary/aromatic N) is 5. The van der Waals surface area contributed by atoms with Crippen molar-refractivity contribution in [2.75, 3.05) is 23.7 Å². The number of carbonyl (C=O) groups excluding carboxylic acids is 1. The topological polar surface area (TPSA) is 87.4 Å². The highest BCUT2D eigenvalue weighted by Gasteiger charge is 2.45. The van der Waals surface area contributed by atoms with Crippen LogP contribution in [0.4, 0.5) is 11.5 Å². The van der Waals surface area contributed by atoms with Crippen molar-refractivity contribution >= 4 is 23.2 Å².